The minimum absolute atomic E-state index is 0.0320. The number of carbonyl (C=O) groups excluding carboxylic acids is 1. The zero-order chi connectivity index (χ0) is 16.4. The Kier molecular flexibility index (Phi) is 4.66. The maximum Gasteiger partial charge on any atom is 0.227 e. The van der Waals surface area contributed by atoms with Crippen LogP contribution in [0.4, 0.5) is 4.39 Å². The van der Waals surface area contributed by atoms with E-state index in [1.54, 1.807) is 11.0 Å². The number of rotatable bonds is 4. The smallest absolute Gasteiger partial charge is 0.227 e. The molecule has 2 aromatic rings. The molecule has 122 valence electrons. The molecule has 1 aliphatic heterocycles. The molecule has 1 aromatic carbocycles. The highest BCUT2D eigenvalue weighted by Crippen LogP contribution is 2.33. The van der Waals surface area contributed by atoms with Gasteiger partial charge in [-0.1, -0.05) is 29.7 Å². The molecule has 0 bridgehead atoms. The van der Waals surface area contributed by atoms with Crippen molar-refractivity contribution in [2.24, 2.45) is 0 Å². The van der Waals surface area contributed by atoms with E-state index in [1.807, 2.05) is 13.0 Å². The summed E-state index contributed by atoms with van der Waals surface area (Å²) in [7, 11) is 0. The molecule has 0 saturated carbocycles. The number of nitrogens with zero attached hydrogens (tertiary/aromatic N) is 2. The molecule has 1 amide bonds. The van der Waals surface area contributed by atoms with Crippen LogP contribution in [0.5, 0.6) is 0 Å². The van der Waals surface area contributed by atoms with Gasteiger partial charge in [0.05, 0.1) is 18.2 Å². The highest BCUT2D eigenvalue weighted by molar-refractivity contribution is 6.31. The Balaban J connectivity index is 1.75. The lowest BCUT2D eigenvalue weighted by Crippen LogP contribution is -2.31. The third-order valence-corrected chi connectivity index (χ3v) is 4.55. The number of benzene rings is 1. The van der Waals surface area contributed by atoms with Crippen LogP contribution >= 0.6 is 11.6 Å². The molecular weight excluding hydrogens is 319 g/mol. The van der Waals surface area contributed by atoms with Gasteiger partial charge in [0.1, 0.15) is 5.82 Å². The Labute approximate surface area is 139 Å². The van der Waals surface area contributed by atoms with Gasteiger partial charge in [-0.25, -0.2) is 4.39 Å². The van der Waals surface area contributed by atoms with Crippen LogP contribution in [0.3, 0.4) is 0 Å². The summed E-state index contributed by atoms with van der Waals surface area (Å²) in [5, 5.41) is 4.28. The van der Waals surface area contributed by atoms with Crippen LogP contribution in [0.2, 0.25) is 5.02 Å². The van der Waals surface area contributed by atoms with Gasteiger partial charge in [0.25, 0.3) is 0 Å². The molecular formula is C17H18ClFN2O2. The lowest BCUT2D eigenvalue weighted by Gasteiger charge is -2.23. The lowest BCUT2D eigenvalue weighted by atomic mass is 10.1. The molecule has 2 heterocycles. The van der Waals surface area contributed by atoms with Gasteiger partial charge in [-0.15, -0.1) is 0 Å². The summed E-state index contributed by atoms with van der Waals surface area (Å²) in [6.07, 6.45) is 2.75. The average molecular weight is 337 g/mol. The van der Waals surface area contributed by atoms with Gasteiger partial charge in [0.15, 0.2) is 5.76 Å². The number of aryl methyl sites for hydroxylation is 1. The Bertz CT molecular complexity index is 716. The van der Waals surface area contributed by atoms with Crippen LogP contribution in [-0.2, 0) is 17.6 Å². The maximum atomic E-state index is 13.1. The summed E-state index contributed by atoms with van der Waals surface area (Å²) < 4.78 is 18.5. The lowest BCUT2D eigenvalue weighted by molar-refractivity contribution is -0.131. The molecule has 1 atom stereocenters. The van der Waals surface area contributed by atoms with Gasteiger partial charge in [0, 0.05) is 17.6 Å². The average Bonchev–Trinajstić information content (AvgIpc) is 3.17. The van der Waals surface area contributed by atoms with Crippen molar-refractivity contribution in [3.63, 3.8) is 0 Å². The summed E-state index contributed by atoms with van der Waals surface area (Å²) in [6.45, 7) is 2.69. The van der Waals surface area contributed by atoms with E-state index in [-0.39, 0.29) is 23.4 Å². The maximum absolute atomic E-state index is 13.1. The van der Waals surface area contributed by atoms with Gasteiger partial charge in [-0.3, -0.25) is 4.79 Å². The van der Waals surface area contributed by atoms with Crippen molar-refractivity contribution >= 4 is 17.5 Å². The normalized spacial score (nSPS) is 17.7. The number of carbonyl (C=O) groups is 1. The van der Waals surface area contributed by atoms with Crippen LogP contribution < -0.4 is 0 Å². The van der Waals surface area contributed by atoms with E-state index in [2.05, 4.69) is 5.16 Å². The van der Waals surface area contributed by atoms with E-state index in [9.17, 15) is 9.18 Å². The second kappa shape index (κ2) is 6.71. The number of aromatic nitrogens is 1. The fourth-order valence-corrected chi connectivity index (χ4v) is 3.18. The summed E-state index contributed by atoms with van der Waals surface area (Å²) in [6, 6.07) is 5.95. The third kappa shape index (κ3) is 3.39. The molecule has 0 radical (unpaired) electrons. The van der Waals surface area contributed by atoms with Crippen LogP contribution in [0.25, 0.3) is 0 Å². The first-order chi connectivity index (χ1) is 11.1. The van der Waals surface area contributed by atoms with E-state index < -0.39 is 5.82 Å². The molecule has 1 fully saturated rings. The second-order valence-corrected chi connectivity index (χ2v) is 6.14. The van der Waals surface area contributed by atoms with Crippen LogP contribution in [0.15, 0.2) is 28.8 Å². The monoisotopic (exact) mass is 336 g/mol. The Morgan fingerprint density at radius 3 is 3.00 bits per heavy atom. The number of halogens is 2. The standard InChI is InChI=1S/C17H18ClFN2O2/c1-2-13-10-16(23-20-13)15-4-3-7-21(15)17(22)8-11-5-6-12(19)9-14(11)18/h5-6,9-10,15H,2-4,7-8H2,1H3. The first-order valence-corrected chi connectivity index (χ1v) is 8.15. The van der Waals surface area contributed by atoms with Crippen molar-refractivity contribution in [3.05, 3.63) is 52.1 Å². The van der Waals surface area contributed by atoms with Crippen molar-refractivity contribution in [2.75, 3.05) is 6.54 Å². The number of likely N-dealkylation sites (tertiary alicyclic amines) is 1. The molecule has 0 aliphatic carbocycles. The SMILES string of the molecule is CCc1cc(C2CCCN2C(=O)Cc2ccc(F)cc2Cl)on1. The van der Waals surface area contributed by atoms with Crippen LogP contribution in [0, 0.1) is 5.82 Å². The topological polar surface area (TPSA) is 46.3 Å². The molecule has 1 unspecified atom stereocenters. The highest BCUT2D eigenvalue weighted by Gasteiger charge is 2.32. The van der Waals surface area contributed by atoms with Gasteiger partial charge >= 0.3 is 0 Å². The Morgan fingerprint density at radius 1 is 1.48 bits per heavy atom. The Morgan fingerprint density at radius 2 is 2.30 bits per heavy atom. The summed E-state index contributed by atoms with van der Waals surface area (Å²) in [5.41, 5.74) is 1.52. The second-order valence-electron chi connectivity index (χ2n) is 5.73. The molecule has 1 saturated heterocycles. The van der Waals surface area contributed by atoms with E-state index in [1.165, 1.54) is 12.1 Å². The van der Waals surface area contributed by atoms with E-state index >= 15 is 0 Å². The van der Waals surface area contributed by atoms with Crippen molar-refractivity contribution in [1.29, 1.82) is 0 Å². The molecule has 3 rings (SSSR count). The third-order valence-electron chi connectivity index (χ3n) is 4.20. The molecule has 0 N–H and O–H groups in total. The zero-order valence-electron chi connectivity index (χ0n) is 12.9. The minimum Gasteiger partial charge on any atom is -0.359 e. The zero-order valence-corrected chi connectivity index (χ0v) is 13.6. The Hall–Kier alpha value is -1.88. The molecule has 6 heteroatoms. The molecule has 1 aromatic heterocycles. The number of hydrogen-bond acceptors (Lipinski definition) is 3. The van der Waals surface area contributed by atoms with Crippen molar-refractivity contribution in [2.45, 2.75) is 38.6 Å². The highest BCUT2D eigenvalue weighted by atomic mass is 35.5. The predicted molar refractivity (Wildman–Crippen MR) is 84.7 cm³/mol. The molecule has 4 nitrogen and oxygen atoms in total. The molecule has 0 spiro atoms. The first-order valence-electron chi connectivity index (χ1n) is 7.77. The molecule has 1 aliphatic rings. The summed E-state index contributed by atoms with van der Waals surface area (Å²) >= 11 is 6.02. The van der Waals surface area contributed by atoms with Crippen molar-refractivity contribution in [1.82, 2.24) is 10.1 Å². The predicted octanol–water partition coefficient (Wildman–Crippen LogP) is 3.94. The van der Waals surface area contributed by atoms with Gasteiger partial charge < -0.3 is 9.42 Å². The summed E-state index contributed by atoms with van der Waals surface area (Å²) in [4.78, 5) is 14.4. The van der Waals surface area contributed by atoms with Crippen LogP contribution in [0.1, 0.15) is 42.8 Å². The molecule has 23 heavy (non-hydrogen) atoms. The summed E-state index contributed by atoms with van der Waals surface area (Å²) in [5.74, 6) is 0.298. The van der Waals surface area contributed by atoms with Gasteiger partial charge in [-0.05, 0) is 37.0 Å². The first kappa shape index (κ1) is 16.0. The quantitative estimate of drug-likeness (QED) is 0.849. The fourth-order valence-electron chi connectivity index (χ4n) is 2.94. The van der Waals surface area contributed by atoms with E-state index in [0.717, 1.165) is 30.7 Å². The number of amides is 1. The fraction of sp³-hybridized carbons (Fsp3) is 0.412. The van der Waals surface area contributed by atoms with Gasteiger partial charge in [0.2, 0.25) is 5.91 Å². The van der Waals surface area contributed by atoms with Crippen molar-refractivity contribution in [3.8, 4) is 0 Å². The van der Waals surface area contributed by atoms with Gasteiger partial charge in [-0.2, -0.15) is 0 Å². The van der Waals surface area contributed by atoms with E-state index in [4.69, 9.17) is 16.1 Å². The largest absolute Gasteiger partial charge is 0.359 e. The van der Waals surface area contributed by atoms with Crippen LogP contribution in [-0.4, -0.2) is 22.5 Å². The van der Waals surface area contributed by atoms with E-state index in [0.29, 0.717) is 12.1 Å². The number of hydrogen-bond donors (Lipinski definition) is 0. The minimum atomic E-state index is -0.404. The van der Waals surface area contributed by atoms with Crippen molar-refractivity contribution < 1.29 is 13.7 Å².